The van der Waals surface area contributed by atoms with Crippen LogP contribution < -0.4 is 5.73 Å². The van der Waals surface area contributed by atoms with Crippen LogP contribution in [0.5, 0.6) is 0 Å². The fraction of sp³-hybridized carbons (Fsp3) is 0.857. The third kappa shape index (κ3) is 3.96. The summed E-state index contributed by atoms with van der Waals surface area (Å²) in [5, 5.41) is 4.16. The van der Waals surface area contributed by atoms with E-state index in [0.717, 1.165) is 23.9 Å². The largest absolute Gasteiger partial charge is 0.338 e. The van der Waals surface area contributed by atoms with Crippen molar-refractivity contribution in [2.45, 2.75) is 57.4 Å². The van der Waals surface area contributed by atoms with Crippen LogP contribution >= 0.6 is 11.8 Å². The minimum atomic E-state index is -0.112. The Kier molecular flexibility index (Phi) is 5.70. The van der Waals surface area contributed by atoms with Crippen LogP contribution in [-0.2, 0) is 0 Å². The van der Waals surface area contributed by atoms with E-state index in [-0.39, 0.29) is 6.04 Å². The van der Waals surface area contributed by atoms with Gasteiger partial charge in [0.05, 0.1) is 6.04 Å². The maximum Gasteiger partial charge on any atom is 0.243 e. The molecule has 1 aromatic heterocycles. The van der Waals surface area contributed by atoms with Crippen LogP contribution in [-0.4, -0.2) is 22.1 Å². The zero-order valence-electron chi connectivity index (χ0n) is 12.0. The van der Waals surface area contributed by atoms with E-state index in [1.807, 2.05) is 0 Å². The summed E-state index contributed by atoms with van der Waals surface area (Å²) in [5.74, 6) is 3.82. The van der Waals surface area contributed by atoms with Crippen LogP contribution in [0.15, 0.2) is 4.52 Å². The van der Waals surface area contributed by atoms with E-state index in [9.17, 15) is 0 Å². The fourth-order valence-corrected chi connectivity index (χ4v) is 3.32. The van der Waals surface area contributed by atoms with Gasteiger partial charge in [0.15, 0.2) is 5.82 Å². The maximum absolute atomic E-state index is 6.07. The predicted molar refractivity (Wildman–Crippen MR) is 79.2 cm³/mol. The molecule has 1 saturated carbocycles. The van der Waals surface area contributed by atoms with Gasteiger partial charge in [-0.2, -0.15) is 16.7 Å². The second-order valence-electron chi connectivity index (χ2n) is 5.52. The van der Waals surface area contributed by atoms with Gasteiger partial charge in [0.1, 0.15) is 0 Å². The van der Waals surface area contributed by atoms with E-state index in [0.29, 0.717) is 11.8 Å². The Balaban J connectivity index is 1.96. The first-order valence-electron chi connectivity index (χ1n) is 7.32. The van der Waals surface area contributed by atoms with Gasteiger partial charge >= 0.3 is 0 Å². The second-order valence-corrected chi connectivity index (χ2v) is 6.50. The first-order valence-corrected chi connectivity index (χ1v) is 8.72. The van der Waals surface area contributed by atoms with Crippen molar-refractivity contribution in [2.24, 2.45) is 11.7 Å². The normalized spacial score (nSPS) is 25.4. The highest BCUT2D eigenvalue weighted by molar-refractivity contribution is 7.98. The molecule has 3 atom stereocenters. The molecule has 1 aliphatic rings. The van der Waals surface area contributed by atoms with Gasteiger partial charge in [-0.3, -0.25) is 0 Å². The molecule has 1 aliphatic carbocycles. The summed E-state index contributed by atoms with van der Waals surface area (Å²) in [4.78, 5) is 4.54. The molecule has 5 heteroatoms. The summed E-state index contributed by atoms with van der Waals surface area (Å²) in [5.41, 5.74) is 6.07. The number of thioether (sulfide) groups is 1. The molecule has 0 aromatic carbocycles. The SMILES string of the molecule is CCC1CCCC(c2noc([C@H](N)CCSC)n2)C1. The topological polar surface area (TPSA) is 64.9 Å². The van der Waals surface area contributed by atoms with Gasteiger partial charge in [0, 0.05) is 5.92 Å². The molecule has 2 N–H and O–H groups in total. The number of hydrogen-bond acceptors (Lipinski definition) is 5. The molecule has 0 saturated heterocycles. The monoisotopic (exact) mass is 283 g/mol. The van der Waals surface area contributed by atoms with Crippen LogP contribution in [0.2, 0.25) is 0 Å². The molecular formula is C14H25N3OS. The van der Waals surface area contributed by atoms with Gasteiger partial charge in [0.25, 0.3) is 0 Å². The number of hydrogen-bond donors (Lipinski definition) is 1. The lowest BCUT2D eigenvalue weighted by atomic mass is 9.80. The van der Waals surface area contributed by atoms with E-state index in [1.54, 1.807) is 11.8 Å². The van der Waals surface area contributed by atoms with E-state index < -0.39 is 0 Å². The lowest BCUT2D eigenvalue weighted by molar-refractivity contribution is 0.296. The van der Waals surface area contributed by atoms with E-state index >= 15 is 0 Å². The van der Waals surface area contributed by atoms with Gasteiger partial charge in [-0.05, 0) is 37.2 Å². The number of aromatic nitrogens is 2. The summed E-state index contributed by atoms with van der Waals surface area (Å²) in [7, 11) is 0. The molecule has 19 heavy (non-hydrogen) atoms. The molecule has 0 bridgehead atoms. The number of rotatable bonds is 6. The molecule has 2 rings (SSSR count). The Bertz CT molecular complexity index is 383. The fourth-order valence-electron chi connectivity index (χ4n) is 2.83. The van der Waals surface area contributed by atoms with Crippen molar-refractivity contribution in [3.05, 3.63) is 11.7 Å². The average Bonchev–Trinajstić information content (AvgIpc) is 2.94. The summed E-state index contributed by atoms with van der Waals surface area (Å²) in [6.45, 7) is 2.27. The molecule has 1 aromatic rings. The maximum atomic E-state index is 6.07. The third-order valence-corrected chi connectivity index (χ3v) is 4.78. The van der Waals surface area contributed by atoms with Crippen molar-refractivity contribution in [2.75, 3.05) is 12.0 Å². The number of nitrogens with zero attached hydrogens (tertiary/aromatic N) is 2. The molecular weight excluding hydrogens is 258 g/mol. The van der Waals surface area contributed by atoms with Crippen molar-refractivity contribution in [1.82, 2.24) is 10.1 Å². The summed E-state index contributed by atoms with van der Waals surface area (Å²) >= 11 is 1.79. The van der Waals surface area contributed by atoms with Crippen LogP contribution in [0.3, 0.4) is 0 Å². The summed E-state index contributed by atoms with van der Waals surface area (Å²) in [6.07, 6.45) is 9.26. The zero-order valence-corrected chi connectivity index (χ0v) is 12.8. The zero-order chi connectivity index (χ0) is 13.7. The average molecular weight is 283 g/mol. The Morgan fingerprint density at radius 3 is 3.05 bits per heavy atom. The lowest BCUT2D eigenvalue weighted by Crippen LogP contribution is -2.15. The first-order chi connectivity index (χ1) is 9.24. The predicted octanol–water partition coefficient (Wildman–Crippen LogP) is 3.51. The Labute approximate surface area is 119 Å². The van der Waals surface area contributed by atoms with Crippen LogP contribution in [0.4, 0.5) is 0 Å². The van der Waals surface area contributed by atoms with Crippen molar-refractivity contribution in [3.8, 4) is 0 Å². The van der Waals surface area contributed by atoms with Crippen molar-refractivity contribution < 1.29 is 4.52 Å². The molecule has 4 nitrogen and oxygen atoms in total. The quantitative estimate of drug-likeness (QED) is 0.865. The van der Waals surface area contributed by atoms with Gasteiger partial charge in [0.2, 0.25) is 5.89 Å². The minimum Gasteiger partial charge on any atom is -0.338 e. The van der Waals surface area contributed by atoms with Crippen molar-refractivity contribution in [3.63, 3.8) is 0 Å². The highest BCUT2D eigenvalue weighted by atomic mass is 32.2. The Morgan fingerprint density at radius 1 is 1.47 bits per heavy atom. The van der Waals surface area contributed by atoms with E-state index in [2.05, 4.69) is 23.3 Å². The van der Waals surface area contributed by atoms with Crippen LogP contribution in [0, 0.1) is 5.92 Å². The Morgan fingerprint density at radius 2 is 2.32 bits per heavy atom. The van der Waals surface area contributed by atoms with Crippen LogP contribution in [0.1, 0.15) is 69.1 Å². The Hall–Kier alpha value is -0.550. The molecule has 0 spiro atoms. The van der Waals surface area contributed by atoms with Gasteiger partial charge < -0.3 is 10.3 Å². The van der Waals surface area contributed by atoms with Gasteiger partial charge in [-0.25, -0.2) is 0 Å². The molecule has 2 unspecified atom stereocenters. The molecule has 0 aliphatic heterocycles. The summed E-state index contributed by atoms with van der Waals surface area (Å²) < 4.78 is 5.35. The first kappa shape index (κ1) is 14.9. The highest BCUT2D eigenvalue weighted by Crippen LogP contribution is 2.36. The summed E-state index contributed by atoms with van der Waals surface area (Å²) in [6, 6.07) is -0.112. The smallest absolute Gasteiger partial charge is 0.243 e. The number of nitrogens with two attached hydrogens (primary N) is 1. The molecule has 0 radical (unpaired) electrons. The minimum absolute atomic E-state index is 0.112. The molecule has 1 fully saturated rings. The van der Waals surface area contributed by atoms with Gasteiger partial charge in [-0.15, -0.1) is 0 Å². The third-order valence-electron chi connectivity index (χ3n) is 4.13. The molecule has 0 amide bonds. The van der Waals surface area contributed by atoms with Gasteiger partial charge in [-0.1, -0.05) is 31.3 Å². The lowest BCUT2D eigenvalue weighted by Gasteiger charge is -2.26. The van der Waals surface area contributed by atoms with E-state index in [4.69, 9.17) is 10.3 Å². The second kappa shape index (κ2) is 7.29. The van der Waals surface area contributed by atoms with Crippen molar-refractivity contribution >= 4 is 11.8 Å². The molecule has 108 valence electrons. The van der Waals surface area contributed by atoms with Crippen LogP contribution in [0.25, 0.3) is 0 Å². The van der Waals surface area contributed by atoms with E-state index in [1.165, 1.54) is 32.1 Å². The standard InChI is InChI=1S/C14H25N3OS/c1-3-10-5-4-6-11(9-10)13-16-14(18-17-13)12(15)7-8-19-2/h10-12H,3-9,15H2,1-2H3/t10?,11?,12-/m1/s1. The highest BCUT2D eigenvalue weighted by Gasteiger charge is 2.26. The molecule has 1 heterocycles. The van der Waals surface area contributed by atoms with Crippen molar-refractivity contribution in [1.29, 1.82) is 0 Å².